The van der Waals surface area contributed by atoms with Gasteiger partial charge in [0, 0.05) is 18.1 Å². The summed E-state index contributed by atoms with van der Waals surface area (Å²) in [6.07, 6.45) is 0. The molecule has 0 fully saturated rings. The van der Waals surface area contributed by atoms with Crippen molar-refractivity contribution in [3.8, 4) is 12.1 Å². The van der Waals surface area contributed by atoms with Gasteiger partial charge in [0.25, 0.3) is 5.84 Å². The van der Waals surface area contributed by atoms with Crippen LogP contribution in [-0.2, 0) is 0 Å². The van der Waals surface area contributed by atoms with E-state index in [9.17, 15) is 10.5 Å². The SMILES string of the molecule is CCSC1(SCC)[NH+]=C(N)[C@@]2(C#N)[C@@H](c3ccccc3)[NH2+]C(C)=C(C)[C@@]12C#N. The second-order valence-corrected chi connectivity index (χ2v) is 10.4. The molecule has 1 aromatic rings. The lowest BCUT2D eigenvalue weighted by atomic mass is 9.55. The number of fused-ring (bicyclic) bond motifs is 1. The third kappa shape index (κ3) is 2.40. The van der Waals surface area contributed by atoms with E-state index in [2.05, 4.69) is 36.3 Å². The van der Waals surface area contributed by atoms with Gasteiger partial charge in [-0.25, -0.2) is 0 Å². The monoisotopic (exact) mass is 413 g/mol. The highest BCUT2D eigenvalue weighted by molar-refractivity contribution is 8.17. The first-order chi connectivity index (χ1) is 13.4. The Morgan fingerprint density at radius 1 is 1.11 bits per heavy atom. The third-order valence-corrected chi connectivity index (χ3v) is 8.96. The van der Waals surface area contributed by atoms with Gasteiger partial charge in [-0.1, -0.05) is 67.7 Å². The fourth-order valence-corrected chi connectivity index (χ4v) is 8.14. The Balaban J connectivity index is 2.42. The van der Waals surface area contributed by atoms with Gasteiger partial charge in [0.15, 0.2) is 5.41 Å². The van der Waals surface area contributed by atoms with Gasteiger partial charge in [-0.05, 0) is 18.4 Å². The topological polar surface area (TPSA) is 104 Å². The van der Waals surface area contributed by atoms with Crippen LogP contribution in [0.2, 0.25) is 0 Å². The van der Waals surface area contributed by atoms with Crippen molar-refractivity contribution < 1.29 is 10.3 Å². The van der Waals surface area contributed by atoms with E-state index < -0.39 is 15.0 Å². The number of nitrogens with two attached hydrogens (primary N) is 2. The lowest BCUT2D eigenvalue weighted by molar-refractivity contribution is -0.669. The molecule has 0 saturated carbocycles. The van der Waals surface area contributed by atoms with Gasteiger partial charge in [0.2, 0.25) is 9.62 Å². The molecule has 0 unspecified atom stereocenters. The zero-order valence-corrected chi connectivity index (χ0v) is 18.4. The van der Waals surface area contributed by atoms with Crippen molar-refractivity contribution in [3.05, 3.63) is 47.2 Å². The van der Waals surface area contributed by atoms with Gasteiger partial charge >= 0.3 is 0 Å². The van der Waals surface area contributed by atoms with Crippen LogP contribution in [0, 0.1) is 33.5 Å². The van der Waals surface area contributed by atoms with E-state index >= 15 is 0 Å². The molecule has 3 atom stereocenters. The summed E-state index contributed by atoms with van der Waals surface area (Å²) in [5, 5.41) is 23.5. The number of nitriles is 2. The van der Waals surface area contributed by atoms with Crippen LogP contribution in [0.25, 0.3) is 0 Å². The van der Waals surface area contributed by atoms with Crippen LogP contribution < -0.4 is 16.0 Å². The van der Waals surface area contributed by atoms with E-state index in [1.54, 1.807) is 23.5 Å². The van der Waals surface area contributed by atoms with Crippen LogP contribution in [0.1, 0.15) is 39.3 Å². The number of thioether (sulfide) groups is 2. The Hall–Kier alpha value is -1.93. The molecule has 0 aromatic heterocycles. The molecule has 3 rings (SSSR count). The Kier molecular flexibility index (Phi) is 5.55. The normalized spacial score (nSPS) is 30.9. The van der Waals surface area contributed by atoms with Crippen LogP contribution in [0.15, 0.2) is 41.6 Å². The zero-order chi connectivity index (χ0) is 20.6. The second kappa shape index (κ2) is 7.48. The molecular formula is C21H27N5S2+2. The summed E-state index contributed by atoms with van der Waals surface area (Å²) < 4.78 is -0.711. The molecule has 0 aliphatic carbocycles. The van der Waals surface area contributed by atoms with E-state index in [4.69, 9.17) is 5.73 Å². The number of nitrogens with zero attached hydrogens (tertiary/aromatic N) is 2. The predicted octanol–water partition coefficient (Wildman–Crippen LogP) is 1.23. The summed E-state index contributed by atoms with van der Waals surface area (Å²) in [5.74, 6) is 2.02. The lowest BCUT2D eigenvalue weighted by Crippen LogP contribution is -2.90. The van der Waals surface area contributed by atoms with Crippen LogP contribution in [0.3, 0.4) is 0 Å². The quantitative estimate of drug-likeness (QED) is 0.630. The number of hydrogen-bond acceptors (Lipinski definition) is 5. The molecule has 2 aliphatic heterocycles. The minimum Gasteiger partial charge on any atom is -0.310 e. The van der Waals surface area contributed by atoms with Crippen molar-refractivity contribution >= 4 is 29.4 Å². The van der Waals surface area contributed by atoms with Crippen molar-refractivity contribution in [3.63, 3.8) is 0 Å². The van der Waals surface area contributed by atoms with Crippen LogP contribution in [-0.4, -0.2) is 21.5 Å². The van der Waals surface area contributed by atoms with Gasteiger partial charge in [-0.3, -0.25) is 10.7 Å². The molecule has 5 N–H and O–H groups in total. The van der Waals surface area contributed by atoms with E-state index in [1.807, 2.05) is 44.2 Å². The molecule has 0 saturated heterocycles. The van der Waals surface area contributed by atoms with Gasteiger partial charge in [0.1, 0.15) is 11.7 Å². The van der Waals surface area contributed by atoms with Gasteiger partial charge in [-0.15, -0.1) is 0 Å². The number of benzene rings is 1. The average molecular weight is 414 g/mol. The highest BCUT2D eigenvalue weighted by Crippen LogP contribution is 2.64. The van der Waals surface area contributed by atoms with Crippen molar-refractivity contribution in [1.29, 1.82) is 10.5 Å². The molecule has 0 amide bonds. The Bertz CT molecular complexity index is 905. The maximum Gasteiger partial charge on any atom is 0.272 e. The largest absolute Gasteiger partial charge is 0.310 e. The maximum absolute atomic E-state index is 10.7. The molecule has 2 aliphatic rings. The van der Waals surface area contributed by atoms with Crippen LogP contribution in [0.4, 0.5) is 0 Å². The Morgan fingerprint density at radius 2 is 1.71 bits per heavy atom. The van der Waals surface area contributed by atoms with Crippen molar-refractivity contribution in [2.45, 2.75) is 37.9 Å². The lowest BCUT2D eigenvalue weighted by Gasteiger charge is -2.47. The second-order valence-electron chi connectivity index (χ2n) is 7.17. The molecule has 28 heavy (non-hydrogen) atoms. The molecule has 0 radical (unpaired) electrons. The zero-order valence-electron chi connectivity index (χ0n) is 16.7. The maximum atomic E-state index is 10.7. The van der Waals surface area contributed by atoms with E-state index in [-0.39, 0.29) is 6.04 Å². The molecular weight excluding hydrogens is 386 g/mol. The number of allylic oxidation sites excluding steroid dienone is 1. The number of hydrogen-bond donors (Lipinski definition) is 3. The molecule has 0 bridgehead atoms. The molecule has 146 valence electrons. The van der Waals surface area contributed by atoms with E-state index in [0.29, 0.717) is 5.84 Å². The summed E-state index contributed by atoms with van der Waals surface area (Å²) in [4.78, 5) is 3.47. The van der Waals surface area contributed by atoms with E-state index in [1.165, 1.54) is 0 Å². The first-order valence-corrected chi connectivity index (χ1v) is 11.5. The molecule has 0 spiro atoms. The first-order valence-electron chi connectivity index (χ1n) is 9.50. The standard InChI is InChI=1S/C21H25N5S2/c1-5-27-21(28-6-2)20(13-23)14(3)15(4)25-17(16-10-8-7-9-11-16)19(20,12-22)18(24)26-21/h7-11,17,25H,5-6H2,1-4H3,(H2,24,26)/p+2/t17-,19-,20-/m1/s1. The summed E-state index contributed by atoms with van der Waals surface area (Å²) >= 11 is 3.34. The van der Waals surface area contributed by atoms with Crippen LogP contribution in [0.5, 0.6) is 0 Å². The molecule has 2 heterocycles. The van der Waals surface area contributed by atoms with Crippen LogP contribution >= 0.6 is 23.5 Å². The summed E-state index contributed by atoms with van der Waals surface area (Å²) in [7, 11) is 0. The number of quaternary nitrogens is 1. The van der Waals surface area contributed by atoms with Gasteiger partial charge in [-0.2, -0.15) is 10.5 Å². The molecule has 5 nitrogen and oxygen atoms in total. The summed E-state index contributed by atoms with van der Waals surface area (Å²) in [6.45, 7) is 8.18. The smallest absolute Gasteiger partial charge is 0.272 e. The Labute approximate surface area is 175 Å². The fraction of sp³-hybridized carbons (Fsp3) is 0.476. The number of nitrogens with one attached hydrogen (secondary N) is 1. The summed E-state index contributed by atoms with van der Waals surface area (Å²) in [6, 6.07) is 14.8. The van der Waals surface area contributed by atoms with E-state index in [0.717, 1.165) is 28.3 Å². The number of amidine groups is 1. The number of rotatable bonds is 5. The first kappa shape index (κ1) is 20.8. The summed E-state index contributed by atoms with van der Waals surface area (Å²) in [5.41, 5.74) is 7.34. The van der Waals surface area contributed by atoms with Gasteiger partial charge in [0.05, 0.1) is 12.1 Å². The predicted molar refractivity (Wildman–Crippen MR) is 115 cm³/mol. The average Bonchev–Trinajstić information content (AvgIpc) is 2.91. The highest BCUT2D eigenvalue weighted by atomic mass is 32.2. The Morgan fingerprint density at radius 3 is 2.21 bits per heavy atom. The third-order valence-electron chi connectivity index (χ3n) is 6.04. The fourth-order valence-electron chi connectivity index (χ4n) is 4.77. The minimum absolute atomic E-state index is 0.300. The van der Waals surface area contributed by atoms with Crippen molar-refractivity contribution in [1.82, 2.24) is 0 Å². The molecule has 7 heteroatoms. The molecule has 1 aromatic carbocycles. The highest BCUT2D eigenvalue weighted by Gasteiger charge is 2.81. The minimum atomic E-state index is -1.18. The van der Waals surface area contributed by atoms with Crippen molar-refractivity contribution in [2.24, 2.45) is 16.6 Å². The van der Waals surface area contributed by atoms with Gasteiger partial charge < -0.3 is 5.32 Å². The van der Waals surface area contributed by atoms with Crippen molar-refractivity contribution in [2.75, 3.05) is 11.5 Å².